The van der Waals surface area contributed by atoms with Crippen molar-refractivity contribution in [2.45, 2.75) is 70.9 Å². The van der Waals surface area contributed by atoms with Crippen LogP contribution >= 0.6 is 0 Å². The lowest BCUT2D eigenvalue weighted by Gasteiger charge is -2.31. The summed E-state index contributed by atoms with van der Waals surface area (Å²) < 4.78 is 27.5. The number of hydrogen-bond acceptors (Lipinski definition) is 12. The van der Waals surface area contributed by atoms with Crippen molar-refractivity contribution in [2.75, 3.05) is 18.4 Å². The minimum atomic E-state index is -2.04. The predicted octanol–water partition coefficient (Wildman–Crippen LogP) is 2.52. The van der Waals surface area contributed by atoms with E-state index in [9.17, 15) is 43.8 Å². The van der Waals surface area contributed by atoms with Gasteiger partial charge in [0.1, 0.15) is 24.8 Å². The number of hydrogen-bond donors (Lipinski definition) is 5. The standard InChI is InChI=1S/C41H37FN6O11/c1-3-41(57)24-13-29-37-22(16-48(29)38(54)23(24)18-58-39(41)55)36-26(6-5-21-19(2)25(42)14-28(45-37)35(21)36)46-40(56)59-17-20-4-7-30(49)27(12-20)44-32(51)15-43-31(50)10-11-47-33(52)8-9-34(47)53/h4,7-9,12-14,26,49,57H,3,5-6,10-11,15-18H2,1-2H3,(H,43,50)(H,44,51)(H,46,56)/t26-,41-/m0/s1. The smallest absolute Gasteiger partial charge is 0.407 e. The summed E-state index contributed by atoms with van der Waals surface area (Å²) in [6.45, 7) is 2.12. The summed E-state index contributed by atoms with van der Waals surface area (Å²) in [5.74, 6) is -3.94. The monoisotopic (exact) mass is 808 g/mol. The van der Waals surface area contributed by atoms with Crippen molar-refractivity contribution < 1.29 is 52.8 Å². The molecule has 2 aromatic carbocycles. The SMILES string of the molecule is CC[C@@]1(O)C(=O)OCc2c1cc1n(c2=O)Cc2c-1nc1cc(F)c(C)c3c1c2[C@@H](NC(=O)OCc1ccc(O)c(NC(=O)CNC(=O)CCN2C(=O)C=CC2=O)c1)CC3. The molecule has 4 aromatic rings. The average molecular weight is 809 g/mol. The second-order valence-corrected chi connectivity index (χ2v) is 14.7. The summed E-state index contributed by atoms with van der Waals surface area (Å²) in [5, 5.41) is 30.1. The van der Waals surface area contributed by atoms with Crippen LogP contribution in [0.25, 0.3) is 22.3 Å². The van der Waals surface area contributed by atoms with Crippen molar-refractivity contribution in [1.29, 1.82) is 0 Å². The first-order chi connectivity index (χ1) is 28.2. The number of phenols is 1. The van der Waals surface area contributed by atoms with E-state index in [0.29, 0.717) is 57.4 Å². The highest BCUT2D eigenvalue weighted by Gasteiger charge is 2.46. The Kier molecular flexibility index (Phi) is 9.74. The highest BCUT2D eigenvalue weighted by molar-refractivity contribution is 6.13. The third-order valence-electron chi connectivity index (χ3n) is 11.3. The number of rotatable bonds is 10. The summed E-state index contributed by atoms with van der Waals surface area (Å²) in [6, 6.07) is 6.38. The van der Waals surface area contributed by atoms with E-state index < -0.39 is 65.3 Å². The molecule has 0 saturated heterocycles. The average Bonchev–Trinajstić information content (AvgIpc) is 3.75. The molecule has 0 unspecified atom stereocenters. The zero-order valence-electron chi connectivity index (χ0n) is 31.8. The molecule has 0 radical (unpaired) electrons. The summed E-state index contributed by atoms with van der Waals surface area (Å²) in [6.07, 6.45) is 1.89. The second kappa shape index (κ2) is 14.8. The highest BCUT2D eigenvalue weighted by Crippen LogP contribution is 2.46. The van der Waals surface area contributed by atoms with E-state index in [1.165, 1.54) is 28.8 Å². The number of anilines is 1. The van der Waals surface area contributed by atoms with E-state index in [1.807, 2.05) is 0 Å². The molecule has 18 heteroatoms. The molecule has 5 amide bonds. The van der Waals surface area contributed by atoms with Gasteiger partial charge >= 0.3 is 12.1 Å². The van der Waals surface area contributed by atoms with Crippen LogP contribution in [0.1, 0.15) is 71.2 Å². The fourth-order valence-corrected chi connectivity index (χ4v) is 8.13. The predicted molar refractivity (Wildman–Crippen MR) is 204 cm³/mol. The molecule has 3 aliphatic heterocycles. The van der Waals surface area contributed by atoms with E-state index in [-0.39, 0.29) is 61.7 Å². The number of cyclic esters (lactones) is 1. The van der Waals surface area contributed by atoms with Crippen molar-refractivity contribution in [2.24, 2.45) is 0 Å². The topological polar surface area (TPSA) is 236 Å². The number of aromatic hydroxyl groups is 1. The van der Waals surface area contributed by atoms with Crippen LogP contribution in [0.15, 0.2) is 47.3 Å². The number of aromatic nitrogens is 2. The molecule has 2 aromatic heterocycles. The Balaban J connectivity index is 0.982. The molecule has 0 fully saturated rings. The maximum Gasteiger partial charge on any atom is 0.407 e. The van der Waals surface area contributed by atoms with E-state index in [2.05, 4.69) is 16.0 Å². The number of pyridine rings is 2. The molecule has 59 heavy (non-hydrogen) atoms. The van der Waals surface area contributed by atoms with Crippen molar-refractivity contribution in [3.05, 3.63) is 97.6 Å². The van der Waals surface area contributed by atoms with Crippen LogP contribution in [0, 0.1) is 12.7 Å². The van der Waals surface area contributed by atoms with Gasteiger partial charge in [0.15, 0.2) is 5.60 Å². The summed E-state index contributed by atoms with van der Waals surface area (Å²) in [5.41, 5.74) is 1.58. The number of esters is 1. The van der Waals surface area contributed by atoms with Gasteiger partial charge in [0.05, 0.1) is 47.3 Å². The number of imide groups is 1. The number of carbonyl (C=O) groups is 6. The Morgan fingerprint density at radius 3 is 2.56 bits per heavy atom. The van der Waals surface area contributed by atoms with Gasteiger partial charge in [0, 0.05) is 47.7 Å². The number of halogens is 1. The molecule has 2 atom stereocenters. The van der Waals surface area contributed by atoms with Crippen LogP contribution in [0.5, 0.6) is 5.75 Å². The molecule has 5 N–H and O–H groups in total. The summed E-state index contributed by atoms with van der Waals surface area (Å²) >= 11 is 0. The lowest BCUT2D eigenvalue weighted by Crippen LogP contribution is -2.44. The number of fused-ring (bicyclic) bond motifs is 5. The van der Waals surface area contributed by atoms with Crippen LogP contribution in [-0.4, -0.2) is 73.4 Å². The quantitative estimate of drug-likeness (QED) is 0.0778. The number of ether oxygens (including phenoxy) is 2. The number of nitrogens with zero attached hydrogens (tertiary/aromatic N) is 3. The normalized spacial score (nSPS) is 18.6. The summed E-state index contributed by atoms with van der Waals surface area (Å²) in [7, 11) is 0. The van der Waals surface area contributed by atoms with E-state index >= 15 is 4.39 Å². The number of aryl methyl sites for hydroxylation is 1. The molecular weight excluding hydrogens is 771 g/mol. The number of carbonyl (C=O) groups excluding carboxylic acids is 6. The molecular formula is C41H37FN6O11. The maximum absolute atomic E-state index is 15.3. The molecule has 0 saturated carbocycles. The van der Waals surface area contributed by atoms with Gasteiger partial charge in [-0.2, -0.15) is 0 Å². The number of aliphatic hydroxyl groups is 1. The van der Waals surface area contributed by atoms with Gasteiger partial charge in [0.2, 0.25) is 11.8 Å². The number of nitrogens with one attached hydrogen (secondary N) is 3. The maximum atomic E-state index is 15.3. The van der Waals surface area contributed by atoms with Crippen molar-refractivity contribution in [3.63, 3.8) is 0 Å². The number of amides is 5. The zero-order chi connectivity index (χ0) is 41.9. The number of benzene rings is 2. The minimum absolute atomic E-state index is 0.0175. The Morgan fingerprint density at radius 2 is 1.81 bits per heavy atom. The van der Waals surface area contributed by atoms with Gasteiger partial charge in [-0.25, -0.2) is 19.0 Å². The molecule has 17 nitrogen and oxygen atoms in total. The lowest BCUT2D eigenvalue weighted by molar-refractivity contribution is -0.172. The summed E-state index contributed by atoms with van der Waals surface area (Å²) in [4.78, 5) is 93.9. The van der Waals surface area contributed by atoms with Gasteiger partial charge in [-0.1, -0.05) is 13.0 Å². The largest absolute Gasteiger partial charge is 0.506 e. The van der Waals surface area contributed by atoms with Crippen LogP contribution in [0.3, 0.4) is 0 Å². The van der Waals surface area contributed by atoms with Crippen LogP contribution in [0.4, 0.5) is 14.9 Å². The minimum Gasteiger partial charge on any atom is -0.506 e. The first-order valence-corrected chi connectivity index (χ1v) is 18.8. The van der Waals surface area contributed by atoms with E-state index in [1.54, 1.807) is 19.9 Å². The lowest BCUT2D eigenvalue weighted by atomic mass is 9.81. The van der Waals surface area contributed by atoms with Crippen LogP contribution in [-0.2, 0) is 65.2 Å². The number of alkyl carbamates (subject to hydrolysis) is 1. The van der Waals surface area contributed by atoms with Gasteiger partial charge in [-0.15, -0.1) is 0 Å². The van der Waals surface area contributed by atoms with E-state index in [0.717, 1.165) is 22.6 Å². The zero-order valence-corrected chi connectivity index (χ0v) is 31.8. The van der Waals surface area contributed by atoms with Crippen LogP contribution in [0.2, 0.25) is 0 Å². The molecule has 1 aliphatic carbocycles. The van der Waals surface area contributed by atoms with Gasteiger partial charge < -0.3 is 40.2 Å². The molecule has 4 aliphatic rings. The van der Waals surface area contributed by atoms with Gasteiger partial charge in [0.25, 0.3) is 17.4 Å². The first kappa shape index (κ1) is 38.9. The van der Waals surface area contributed by atoms with Crippen molar-refractivity contribution >= 4 is 52.3 Å². The molecule has 8 rings (SSSR count). The Bertz CT molecular complexity index is 2640. The molecule has 0 spiro atoms. The Morgan fingerprint density at radius 1 is 1.05 bits per heavy atom. The molecule has 0 bridgehead atoms. The van der Waals surface area contributed by atoms with Crippen molar-refractivity contribution in [3.8, 4) is 17.1 Å². The van der Waals surface area contributed by atoms with E-state index in [4.69, 9.17) is 14.5 Å². The molecule has 5 heterocycles. The van der Waals surface area contributed by atoms with Crippen molar-refractivity contribution in [1.82, 2.24) is 25.1 Å². The highest BCUT2D eigenvalue weighted by atomic mass is 19.1. The Hall–Kier alpha value is -6.95. The fourth-order valence-electron chi connectivity index (χ4n) is 8.13. The first-order valence-electron chi connectivity index (χ1n) is 18.8. The fraction of sp³-hybridized carbons (Fsp3) is 0.317. The second-order valence-electron chi connectivity index (χ2n) is 14.7. The molecule has 304 valence electrons. The van der Waals surface area contributed by atoms with Crippen LogP contribution < -0.4 is 21.5 Å². The van der Waals surface area contributed by atoms with Gasteiger partial charge in [-0.3, -0.25) is 28.9 Å². The third-order valence-corrected chi connectivity index (χ3v) is 11.3. The third kappa shape index (κ3) is 6.73. The Labute approximate surface area is 333 Å². The number of phenolic OH excluding ortho intramolecular Hbond substituents is 1. The van der Waals surface area contributed by atoms with Gasteiger partial charge in [-0.05, 0) is 66.6 Å².